The minimum atomic E-state index is 0.690. The highest BCUT2D eigenvalue weighted by molar-refractivity contribution is 5.47. The van der Waals surface area contributed by atoms with Crippen LogP contribution < -0.4 is 10.2 Å². The zero-order chi connectivity index (χ0) is 13.7. The van der Waals surface area contributed by atoms with Crippen LogP contribution in [-0.2, 0) is 6.54 Å². The van der Waals surface area contributed by atoms with E-state index in [-0.39, 0.29) is 0 Å². The van der Waals surface area contributed by atoms with Crippen LogP contribution in [0.15, 0.2) is 12.3 Å². The van der Waals surface area contributed by atoms with Gasteiger partial charge in [-0.25, -0.2) is 4.98 Å². The number of pyridine rings is 1. The molecule has 1 heterocycles. The SMILES string of the molecule is CCCNCc1cnc(N(C)C2CCCC2)c(C)c1. The monoisotopic (exact) mass is 261 g/mol. The highest BCUT2D eigenvalue weighted by atomic mass is 15.2. The average molecular weight is 261 g/mol. The highest BCUT2D eigenvalue weighted by Gasteiger charge is 2.21. The molecule has 3 heteroatoms. The van der Waals surface area contributed by atoms with E-state index in [1.54, 1.807) is 0 Å². The molecule has 106 valence electrons. The predicted octanol–water partition coefficient (Wildman–Crippen LogP) is 3.27. The fourth-order valence-corrected chi connectivity index (χ4v) is 2.97. The second kappa shape index (κ2) is 6.90. The number of hydrogen-bond donors (Lipinski definition) is 1. The Morgan fingerprint density at radius 3 is 2.74 bits per heavy atom. The zero-order valence-electron chi connectivity index (χ0n) is 12.6. The molecule has 0 spiro atoms. The van der Waals surface area contributed by atoms with E-state index >= 15 is 0 Å². The van der Waals surface area contributed by atoms with Crippen molar-refractivity contribution in [2.24, 2.45) is 0 Å². The molecular weight excluding hydrogens is 234 g/mol. The predicted molar refractivity (Wildman–Crippen MR) is 81.6 cm³/mol. The standard InChI is InChI=1S/C16H27N3/c1-4-9-17-11-14-10-13(2)16(18-12-14)19(3)15-7-5-6-8-15/h10,12,15,17H,4-9,11H2,1-3H3. The summed E-state index contributed by atoms with van der Waals surface area (Å²) in [7, 11) is 2.19. The van der Waals surface area contributed by atoms with E-state index in [2.05, 4.69) is 42.2 Å². The molecule has 0 radical (unpaired) electrons. The van der Waals surface area contributed by atoms with Crippen molar-refractivity contribution in [2.75, 3.05) is 18.5 Å². The van der Waals surface area contributed by atoms with Gasteiger partial charge < -0.3 is 10.2 Å². The zero-order valence-corrected chi connectivity index (χ0v) is 12.6. The lowest BCUT2D eigenvalue weighted by Crippen LogP contribution is -2.30. The molecule has 0 aromatic carbocycles. The third-order valence-corrected chi connectivity index (χ3v) is 4.07. The van der Waals surface area contributed by atoms with Crippen LogP contribution in [0.5, 0.6) is 0 Å². The van der Waals surface area contributed by atoms with E-state index in [1.165, 1.54) is 43.2 Å². The molecule has 0 atom stereocenters. The molecule has 1 saturated carbocycles. The van der Waals surface area contributed by atoms with Crippen molar-refractivity contribution in [1.29, 1.82) is 0 Å². The third-order valence-electron chi connectivity index (χ3n) is 4.07. The summed E-state index contributed by atoms with van der Waals surface area (Å²) < 4.78 is 0. The van der Waals surface area contributed by atoms with Crippen molar-refractivity contribution < 1.29 is 0 Å². The van der Waals surface area contributed by atoms with Crippen molar-refractivity contribution in [2.45, 2.75) is 58.5 Å². The van der Waals surface area contributed by atoms with Crippen molar-refractivity contribution in [3.63, 3.8) is 0 Å². The Balaban J connectivity index is 2.01. The van der Waals surface area contributed by atoms with Crippen molar-refractivity contribution in [1.82, 2.24) is 10.3 Å². The van der Waals surface area contributed by atoms with Crippen LogP contribution in [0.2, 0.25) is 0 Å². The van der Waals surface area contributed by atoms with Gasteiger partial charge in [-0.15, -0.1) is 0 Å². The van der Waals surface area contributed by atoms with E-state index in [0.717, 1.165) is 18.9 Å². The molecule has 1 N–H and O–H groups in total. The molecule has 1 aromatic rings. The molecule has 1 aromatic heterocycles. The lowest BCUT2D eigenvalue weighted by Gasteiger charge is -2.27. The first-order valence-corrected chi connectivity index (χ1v) is 7.61. The van der Waals surface area contributed by atoms with E-state index in [9.17, 15) is 0 Å². The highest BCUT2D eigenvalue weighted by Crippen LogP contribution is 2.27. The minimum Gasteiger partial charge on any atom is -0.356 e. The lowest BCUT2D eigenvalue weighted by atomic mass is 10.1. The van der Waals surface area contributed by atoms with Gasteiger partial charge in [-0.1, -0.05) is 19.8 Å². The Morgan fingerprint density at radius 1 is 1.37 bits per heavy atom. The van der Waals surface area contributed by atoms with Crippen LogP contribution in [0.1, 0.15) is 50.2 Å². The van der Waals surface area contributed by atoms with Gasteiger partial charge in [0.1, 0.15) is 5.82 Å². The summed E-state index contributed by atoms with van der Waals surface area (Å²) in [6.07, 6.45) is 8.57. The van der Waals surface area contributed by atoms with Crippen LogP contribution in [0.3, 0.4) is 0 Å². The van der Waals surface area contributed by atoms with Gasteiger partial charge in [0, 0.05) is 25.8 Å². The number of anilines is 1. The van der Waals surface area contributed by atoms with Crippen LogP contribution in [-0.4, -0.2) is 24.6 Å². The van der Waals surface area contributed by atoms with Gasteiger partial charge in [-0.3, -0.25) is 0 Å². The maximum Gasteiger partial charge on any atom is 0.131 e. The molecule has 3 nitrogen and oxygen atoms in total. The summed E-state index contributed by atoms with van der Waals surface area (Å²) in [6, 6.07) is 2.96. The van der Waals surface area contributed by atoms with E-state index in [4.69, 9.17) is 0 Å². The first kappa shape index (κ1) is 14.3. The summed E-state index contributed by atoms with van der Waals surface area (Å²) in [5.74, 6) is 1.16. The fraction of sp³-hybridized carbons (Fsp3) is 0.688. The molecular formula is C16H27N3. The minimum absolute atomic E-state index is 0.690. The molecule has 1 aliphatic rings. The molecule has 0 aliphatic heterocycles. The van der Waals surface area contributed by atoms with Crippen LogP contribution in [0, 0.1) is 6.92 Å². The summed E-state index contributed by atoms with van der Waals surface area (Å²) >= 11 is 0. The van der Waals surface area contributed by atoms with Gasteiger partial charge in [0.15, 0.2) is 0 Å². The molecule has 19 heavy (non-hydrogen) atoms. The molecule has 0 saturated heterocycles. The van der Waals surface area contributed by atoms with Crippen LogP contribution in [0.25, 0.3) is 0 Å². The Labute approximate surface area is 117 Å². The third kappa shape index (κ3) is 3.69. The van der Waals surface area contributed by atoms with Crippen molar-refractivity contribution in [3.8, 4) is 0 Å². The Morgan fingerprint density at radius 2 is 2.11 bits per heavy atom. The Kier molecular flexibility index (Phi) is 5.20. The number of aromatic nitrogens is 1. The average Bonchev–Trinajstić information content (AvgIpc) is 2.92. The van der Waals surface area contributed by atoms with E-state index in [1.807, 2.05) is 6.20 Å². The molecule has 0 bridgehead atoms. The summed E-state index contributed by atoms with van der Waals surface area (Å²) in [5, 5.41) is 3.43. The number of aryl methyl sites for hydroxylation is 1. The molecule has 2 rings (SSSR count). The molecule has 1 fully saturated rings. The summed E-state index contributed by atoms with van der Waals surface area (Å²) in [5.41, 5.74) is 2.58. The normalized spacial score (nSPS) is 15.9. The lowest BCUT2D eigenvalue weighted by molar-refractivity contribution is 0.642. The Hall–Kier alpha value is -1.09. The van der Waals surface area contributed by atoms with Crippen LogP contribution >= 0.6 is 0 Å². The van der Waals surface area contributed by atoms with Gasteiger partial charge in [0.25, 0.3) is 0 Å². The van der Waals surface area contributed by atoms with Crippen LogP contribution in [0.4, 0.5) is 5.82 Å². The number of hydrogen-bond acceptors (Lipinski definition) is 3. The topological polar surface area (TPSA) is 28.2 Å². The second-order valence-electron chi connectivity index (χ2n) is 5.71. The first-order chi connectivity index (χ1) is 9.22. The van der Waals surface area contributed by atoms with Crippen molar-refractivity contribution in [3.05, 3.63) is 23.4 Å². The first-order valence-electron chi connectivity index (χ1n) is 7.61. The number of rotatable bonds is 6. The Bertz CT molecular complexity index is 397. The van der Waals surface area contributed by atoms with Gasteiger partial charge in [0.05, 0.1) is 0 Å². The second-order valence-corrected chi connectivity index (χ2v) is 5.71. The largest absolute Gasteiger partial charge is 0.356 e. The fourth-order valence-electron chi connectivity index (χ4n) is 2.97. The molecule has 1 aliphatic carbocycles. The summed E-state index contributed by atoms with van der Waals surface area (Å²) in [4.78, 5) is 7.07. The quantitative estimate of drug-likeness (QED) is 0.797. The van der Waals surface area contributed by atoms with Gasteiger partial charge in [-0.2, -0.15) is 0 Å². The number of nitrogens with one attached hydrogen (secondary N) is 1. The molecule has 0 amide bonds. The molecule has 0 unspecified atom stereocenters. The van der Waals surface area contributed by atoms with Crippen molar-refractivity contribution >= 4 is 5.82 Å². The van der Waals surface area contributed by atoms with Gasteiger partial charge in [0.2, 0.25) is 0 Å². The van der Waals surface area contributed by atoms with Gasteiger partial charge >= 0.3 is 0 Å². The maximum atomic E-state index is 4.69. The van der Waals surface area contributed by atoms with Gasteiger partial charge in [-0.05, 0) is 49.9 Å². The smallest absolute Gasteiger partial charge is 0.131 e. The summed E-state index contributed by atoms with van der Waals surface area (Å²) in [6.45, 7) is 6.37. The maximum absolute atomic E-state index is 4.69. The van der Waals surface area contributed by atoms with E-state index in [0.29, 0.717) is 6.04 Å². The number of nitrogens with zero attached hydrogens (tertiary/aromatic N) is 2. The van der Waals surface area contributed by atoms with E-state index < -0.39 is 0 Å².